The van der Waals surface area contributed by atoms with Gasteiger partial charge in [0.05, 0.1) is 5.69 Å². The zero-order valence-electron chi connectivity index (χ0n) is 29.0. The molecule has 2 N–H and O–H groups in total. The fourth-order valence-electron chi connectivity index (χ4n) is 8.11. The number of amides is 1. The van der Waals surface area contributed by atoms with Crippen LogP contribution in [0, 0.1) is 11.3 Å². The first-order chi connectivity index (χ1) is 23.6. The molecule has 3 fully saturated rings. The summed E-state index contributed by atoms with van der Waals surface area (Å²) in [5.74, 6) is 2.41. The lowest BCUT2D eigenvalue weighted by Crippen LogP contribution is -2.47. The summed E-state index contributed by atoms with van der Waals surface area (Å²) in [5, 5.41) is 0. The van der Waals surface area contributed by atoms with Crippen molar-refractivity contribution >= 4 is 23.1 Å². The van der Waals surface area contributed by atoms with Gasteiger partial charge in [0.25, 0.3) is 0 Å². The van der Waals surface area contributed by atoms with Crippen LogP contribution in [0.1, 0.15) is 78.2 Å². The molecule has 1 amide bonds. The third-order valence-electron chi connectivity index (χ3n) is 10.8. The van der Waals surface area contributed by atoms with Gasteiger partial charge in [-0.3, -0.25) is 9.13 Å². The van der Waals surface area contributed by atoms with E-state index in [0.717, 1.165) is 64.2 Å². The van der Waals surface area contributed by atoms with Crippen LogP contribution in [0.25, 0.3) is 16.9 Å². The van der Waals surface area contributed by atoms with E-state index < -0.39 is 5.60 Å². The Balaban J connectivity index is 0.966. The summed E-state index contributed by atoms with van der Waals surface area (Å²) in [7, 11) is 0. The monoisotopic (exact) mass is 667 g/mol. The van der Waals surface area contributed by atoms with Crippen molar-refractivity contribution in [3.05, 3.63) is 71.4 Å². The quantitative estimate of drug-likeness (QED) is 0.238. The number of ether oxygens (including phenoxy) is 2. The van der Waals surface area contributed by atoms with Gasteiger partial charge >= 0.3 is 11.8 Å². The van der Waals surface area contributed by atoms with Crippen molar-refractivity contribution in [2.75, 3.05) is 38.5 Å². The number of aromatic nitrogens is 4. The van der Waals surface area contributed by atoms with E-state index in [2.05, 4.69) is 14.9 Å². The normalized spacial score (nSPS) is 19.4. The predicted octanol–water partition coefficient (Wildman–Crippen LogP) is 6.80. The molecule has 11 nitrogen and oxygen atoms in total. The molecule has 4 aromatic rings. The average molecular weight is 668 g/mol. The van der Waals surface area contributed by atoms with Crippen LogP contribution in [-0.2, 0) is 4.74 Å². The van der Waals surface area contributed by atoms with Gasteiger partial charge in [-0.2, -0.15) is 0 Å². The molecule has 0 unspecified atom stereocenters. The van der Waals surface area contributed by atoms with Gasteiger partial charge in [0.1, 0.15) is 28.9 Å². The number of rotatable bonds is 6. The van der Waals surface area contributed by atoms with Crippen molar-refractivity contribution < 1.29 is 14.3 Å². The number of para-hydroxylation sites is 1. The second kappa shape index (κ2) is 13.5. The predicted molar refractivity (Wildman–Crippen MR) is 190 cm³/mol. The van der Waals surface area contributed by atoms with Crippen LogP contribution < -0.4 is 16.2 Å². The van der Waals surface area contributed by atoms with Crippen molar-refractivity contribution in [2.45, 2.75) is 83.8 Å². The van der Waals surface area contributed by atoms with Crippen LogP contribution >= 0.6 is 0 Å². The van der Waals surface area contributed by atoms with Crippen molar-refractivity contribution in [1.82, 2.24) is 28.9 Å². The van der Waals surface area contributed by atoms with Gasteiger partial charge in [-0.15, -0.1) is 0 Å². The Kier molecular flexibility index (Phi) is 9.13. The molecule has 2 saturated heterocycles. The lowest BCUT2D eigenvalue weighted by molar-refractivity contribution is -0.000334. The Bertz CT molecular complexity index is 1800. The molecule has 0 radical (unpaired) electrons. The maximum Gasteiger partial charge on any atom is 0.410 e. The largest absolute Gasteiger partial charge is 0.457 e. The molecule has 2 aromatic heterocycles. The number of nitrogen functional groups attached to an aromatic ring is 1. The number of fused-ring (bicyclic) bond motifs is 1. The Labute approximate surface area is 288 Å². The third kappa shape index (κ3) is 7.18. The highest BCUT2D eigenvalue weighted by molar-refractivity contribution is 5.84. The standard InChI is InChI=1S/C38H49N7O4/c1-37(2,3)49-36(47)43-23-19-38(20-24-43)17-13-27(14-18-38)25-42-21-15-29(16-22-42)45-34-32(33(39)40-26-41-34)44(35(45)46)28-9-11-31(12-10-28)48-30-7-5-4-6-8-30/h4-12,26-27,29H,13-25H2,1-3H3,(H2,39,40,41). The van der Waals surface area contributed by atoms with E-state index in [4.69, 9.17) is 15.2 Å². The SMILES string of the molecule is CC(C)(C)OC(=O)N1CCC2(CCC(CN3CCC(n4c(=O)n(-c5ccc(Oc6ccccc6)cc5)c5c(N)ncnc54)CC3)CC2)CC1. The summed E-state index contributed by atoms with van der Waals surface area (Å²) in [5.41, 5.74) is 7.96. The molecule has 4 heterocycles. The van der Waals surface area contributed by atoms with Crippen LogP contribution in [0.15, 0.2) is 65.7 Å². The summed E-state index contributed by atoms with van der Waals surface area (Å²) in [4.78, 5) is 40.0. The van der Waals surface area contributed by atoms with Crippen LogP contribution in [0.2, 0.25) is 0 Å². The number of nitrogens with zero attached hydrogens (tertiary/aromatic N) is 6. The molecule has 7 rings (SSSR count). The van der Waals surface area contributed by atoms with Gasteiger partial charge in [-0.25, -0.2) is 19.6 Å². The van der Waals surface area contributed by atoms with E-state index >= 15 is 0 Å². The number of nitrogens with two attached hydrogens (primary N) is 1. The summed E-state index contributed by atoms with van der Waals surface area (Å²) in [6.07, 6.45) is 10.1. The number of benzene rings is 2. The maximum absolute atomic E-state index is 14.1. The number of piperidine rings is 2. The van der Waals surface area contributed by atoms with E-state index in [1.54, 1.807) is 4.57 Å². The highest BCUT2D eigenvalue weighted by Gasteiger charge is 2.40. The number of hydrogen-bond acceptors (Lipinski definition) is 8. The molecule has 0 atom stereocenters. The number of anilines is 1. The van der Waals surface area contributed by atoms with Crippen LogP contribution in [0.4, 0.5) is 10.6 Å². The van der Waals surface area contributed by atoms with E-state index in [1.807, 2.05) is 84.8 Å². The Morgan fingerprint density at radius 3 is 2.18 bits per heavy atom. The number of carbonyl (C=O) groups excluding carboxylic acids is 1. The van der Waals surface area contributed by atoms with Gasteiger partial charge in [0.2, 0.25) is 0 Å². The molecule has 0 bridgehead atoms. The topological polar surface area (TPSA) is 121 Å². The van der Waals surface area contributed by atoms with Crippen LogP contribution in [-0.4, -0.2) is 73.3 Å². The van der Waals surface area contributed by atoms with Gasteiger partial charge in [-0.1, -0.05) is 18.2 Å². The zero-order valence-corrected chi connectivity index (χ0v) is 29.0. The molecule has 2 aromatic carbocycles. The number of hydrogen-bond donors (Lipinski definition) is 1. The Morgan fingerprint density at radius 1 is 0.878 bits per heavy atom. The summed E-state index contributed by atoms with van der Waals surface area (Å²) >= 11 is 0. The van der Waals surface area contributed by atoms with E-state index in [1.165, 1.54) is 32.0 Å². The van der Waals surface area contributed by atoms with E-state index in [-0.39, 0.29) is 23.6 Å². The van der Waals surface area contributed by atoms with E-state index in [0.29, 0.717) is 33.9 Å². The number of carbonyl (C=O) groups is 1. The minimum absolute atomic E-state index is 0.0345. The Hall–Kier alpha value is -4.38. The van der Waals surface area contributed by atoms with Crippen molar-refractivity contribution in [2.24, 2.45) is 11.3 Å². The Morgan fingerprint density at radius 2 is 1.53 bits per heavy atom. The maximum atomic E-state index is 14.1. The highest BCUT2D eigenvalue weighted by Crippen LogP contribution is 2.47. The zero-order chi connectivity index (χ0) is 34.2. The molecule has 260 valence electrons. The van der Waals surface area contributed by atoms with Crippen molar-refractivity contribution in [3.8, 4) is 17.2 Å². The second-order valence-electron chi connectivity index (χ2n) is 15.3. The fourth-order valence-corrected chi connectivity index (χ4v) is 8.11. The molecule has 11 heteroatoms. The lowest BCUT2D eigenvalue weighted by Gasteiger charge is -2.46. The minimum atomic E-state index is -0.456. The smallest absolute Gasteiger partial charge is 0.410 e. The molecule has 2 aliphatic heterocycles. The average Bonchev–Trinajstić information content (AvgIpc) is 3.39. The highest BCUT2D eigenvalue weighted by atomic mass is 16.6. The first-order valence-electron chi connectivity index (χ1n) is 17.8. The van der Waals surface area contributed by atoms with Crippen molar-refractivity contribution in [3.63, 3.8) is 0 Å². The molecule has 1 aliphatic carbocycles. The molecule has 1 saturated carbocycles. The molecular weight excluding hydrogens is 618 g/mol. The first kappa shape index (κ1) is 33.1. The van der Waals surface area contributed by atoms with Crippen LogP contribution in [0.3, 0.4) is 0 Å². The fraction of sp³-hybridized carbons (Fsp3) is 0.526. The molecular formula is C38H49N7O4. The van der Waals surface area contributed by atoms with Gasteiger partial charge < -0.3 is 25.0 Å². The first-order valence-corrected chi connectivity index (χ1v) is 17.8. The molecule has 49 heavy (non-hydrogen) atoms. The van der Waals surface area contributed by atoms with Crippen LogP contribution in [0.5, 0.6) is 11.5 Å². The molecule has 3 aliphatic rings. The van der Waals surface area contributed by atoms with Crippen molar-refractivity contribution in [1.29, 1.82) is 0 Å². The van der Waals surface area contributed by atoms with E-state index in [9.17, 15) is 9.59 Å². The summed E-state index contributed by atoms with van der Waals surface area (Å²) in [6, 6.07) is 17.1. The van der Waals surface area contributed by atoms with Gasteiger partial charge in [0.15, 0.2) is 11.5 Å². The number of likely N-dealkylation sites (tertiary alicyclic amines) is 2. The molecule has 1 spiro atoms. The summed E-state index contributed by atoms with van der Waals surface area (Å²) in [6.45, 7) is 10.4. The minimum Gasteiger partial charge on any atom is -0.457 e. The second-order valence-corrected chi connectivity index (χ2v) is 15.3. The lowest BCUT2D eigenvalue weighted by atomic mass is 9.65. The van der Waals surface area contributed by atoms with Gasteiger partial charge in [0, 0.05) is 38.8 Å². The third-order valence-corrected chi connectivity index (χ3v) is 10.8. The summed E-state index contributed by atoms with van der Waals surface area (Å²) < 4.78 is 15.1. The number of imidazole rings is 1. The van der Waals surface area contributed by atoms with Gasteiger partial charge in [-0.05, 0) is 120 Å².